The summed E-state index contributed by atoms with van der Waals surface area (Å²) in [6, 6.07) is 8.19. The van der Waals surface area contributed by atoms with E-state index in [1.807, 2.05) is 14.0 Å². The Morgan fingerprint density at radius 1 is 1.36 bits per heavy atom. The van der Waals surface area contributed by atoms with Crippen molar-refractivity contribution in [3.05, 3.63) is 59.6 Å². The average molecular weight is 339 g/mol. The van der Waals surface area contributed by atoms with E-state index >= 15 is 0 Å². The summed E-state index contributed by atoms with van der Waals surface area (Å²) in [6.07, 6.45) is 4.63. The summed E-state index contributed by atoms with van der Waals surface area (Å²) >= 11 is 0. The topological polar surface area (TPSA) is 90.4 Å². The van der Waals surface area contributed by atoms with Gasteiger partial charge in [0.25, 0.3) is 0 Å². The predicted octanol–water partition coefficient (Wildman–Crippen LogP) is 2.85. The lowest BCUT2D eigenvalue weighted by atomic mass is 10.2. The third kappa shape index (κ3) is 3.95. The first-order valence-corrected chi connectivity index (χ1v) is 7.61. The second-order valence-corrected chi connectivity index (χ2v) is 5.48. The minimum absolute atomic E-state index is 0.00887. The zero-order chi connectivity index (χ0) is 17.8. The molecule has 0 fully saturated rings. The highest BCUT2D eigenvalue weighted by atomic mass is 16.5. The van der Waals surface area contributed by atoms with Gasteiger partial charge in [0.05, 0.1) is 6.20 Å². The monoisotopic (exact) mass is 339 g/mol. The smallest absolute Gasteiger partial charge is 0.331 e. The molecule has 0 unspecified atom stereocenters. The van der Waals surface area contributed by atoms with Gasteiger partial charge in [0.15, 0.2) is 12.4 Å². The van der Waals surface area contributed by atoms with E-state index in [9.17, 15) is 9.90 Å². The second kappa shape index (κ2) is 7.04. The number of aromatic hydroxyl groups is 1. The molecule has 3 rings (SSSR count). The van der Waals surface area contributed by atoms with Gasteiger partial charge in [-0.2, -0.15) is 5.10 Å². The van der Waals surface area contributed by atoms with Gasteiger partial charge < -0.3 is 14.4 Å². The van der Waals surface area contributed by atoms with Crippen molar-refractivity contribution in [2.24, 2.45) is 7.05 Å². The molecule has 0 bridgehead atoms. The van der Waals surface area contributed by atoms with Crippen molar-refractivity contribution in [2.45, 2.75) is 13.5 Å². The lowest BCUT2D eigenvalue weighted by molar-refractivity contribution is -0.139. The Bertz CT molecular complexity index is 907. The van der Waals surface area contributed by atoms with Crippen molar-refractivity contribution < 1.29 is 19.2 Å². The van der Waals surface area contributed by atoms with Gasteiger partial charge in [0.1, 0.15) is 11.4 Å². The van der Waals surface area contributed by atoms with Gasteiger partial charge in [-0.25, -0.2) is 4.79 Å². The van der Waals surface area contributed by atoms with Gasteiger partial charge in [-0.15, -0.1) is 0 Å². The summed E-state index contributed by atoms with van der Waals surface area (Å²) < 4.78 is 12.1. The van der Waals surface area contributed by atoms with Crippen LogP contribution >= 0.6 is 0 Å². The third-order valence-corrected chi connectivity index (χ3v) is 3.73. The maximum atomic E-state index is 11.8. The zero-order valence-electron chi connectivity index (χ0n) is 13.8. The number of phenolic OH excluding ortho intramolecular Hbond substituents is 1. The average Bonchev–Trinajstić information content (AvgIpc) is 3.20. The minimum Gasteiger partial charge on any atom is -0.508 e. The van der Waals surface area contributed by atoms with Crippen molar-refractivity contribution in [2.75, 3.05) is 0 Å². The molecule has 0 saturated heterocycles. The molecule has 2 heterocycles. The summed E-state index contributed by atoms with van der Waals surface area (Å²) in [5.74, 6) is 0.123. The van der Waals surface area contributed by atoms with Crippen LogP contribution in [0, 0.1) is 6.92 Å². The Labute approximate surface area is 144 Å². The summed E-state index contributed by atoms with van der Waals surface area (Å²) in [5.41, 5.74) is 3.27. The Hall–Kier alpha value is -3.35. The maximum Gasteiger partial charge on any atom is 0.331 e. The van der Waals surface area contributed by atoms with E-state index in [2.05, 4.69) is 10.3 Å². The van der Waals surface area contributed by atoms with Gasteiger partial charge in [-0.05, 0) is 30.7 Å². The van der Waals surface area contributed by atoms with Gasteiger partial charge >= 0.3 is 5.97 Å². The molecule has 7 heteroatoms. The number of esters is 1. The van der Waals surface area contributed by atoms with Crippen molar-refractivity contribution in [3.63, 3.8) is 0 Å². The van der Waals surface area contributed by atoms with E-state index < -0.39 is 5.97 Å². The molecule has 0 spiro atoms. The van der Waals surface area contributed by atoms with Crippen molar-refractivity contribution >= 4 is 12.0 Å². The van der Waals surface area contributed by atoms with Crippen LogP contribution < -0.4 is 0 Å². The fourth-order valence-electron chi connectivity index (χ4n) is 2.20. The molecular formula is C18H17N3O4. The van der Waals surface area contributed by atoms with Crippen LogP contribution in [-0.2, 0) is 23.2 Å². The highest BCUT2D eigenvalue weighted by molar-refractivity contribution is 5.87. The number of aryl methyl sites for hydroxylation is 1. The molecule has 0 aliphatic carbocycles. The number of phenols is 1. The summed E-state index contributed by atoms with van der Waals surface area (Å²) in [6.45, 7) is 1.93. The van der Waals surface area contributed by atoms with Gasteiger partial charge in [-0.1, -0.05) is 17.3 Å². The number of hydrogen-bond acceptors (Lipinski definition) is 6. The Morgan fingerprint density at radius 2 is 2.12 bits per heavy atom. The van der Waals surface area contributed by atoms with Crippen LogP contribution in [0.15, 0.2) is 47.1 Å². The van der Waals surface area contributed by atoms with Gasteiger partial charge in [-0.3, -0.25) is 4.68 Å². The van der Waals surface area contributed by atoms with Crippen LogP contribution in [0.3, 0.4) is 0 Å². The Kier molecular flexibility index (Phi) is 4.65. The molecule has 0 atom stereocenters. The number of carbonyl (C=O) groups excluding carboxylic acids is 1. The predicted molar refractivity (Wildman–Crippen MR) is 90.4 cm³/mol. The molecule has 0 aliphatic heterocycles. The number of carbonyl (C=O) groups is 1. The molecule has 0 saturated carbocycles. The van der Waals surface area contributed by atoms with E-state index in [4.69, 9.17) is 9.26 Å². The molecule has 1 N–H and O–H groups in total. The highest BCUT2D eigenvalue weighted by Gasteiger charge is 2.12. The first-order chi connectivity index (χ1) is 12.0. The van der Waals surface area contributed by atoms with Crippen molar-refractivity contribution in [1.82, 2.24) is 14.9 Å². The molecule has 0 radical (unpaired) electrons. The number of nitrogens with zero attached hydrogens (tertiary/aromatic N) is 3. The van der Waals surface area contributed by atoms with Crippen molar-refractivity contribution in [3.8, 4) is 17.0 Å². The zero-order valence-corrected chi connectivity index (χ0v) is 13.8. The van der Waals surface area contributed by atoms with Gasteiger partial charge in [0, 0.05) is 30.4 Å². The van der Waals surface area contributed by atoms with Crippen LogP contribution in [0.5, 0.6) is 5.75 Å². The minimum atomic E-state index is -0.497. The molecule has 2 aromatic heterocycles. The first-order valence-electron chi connectivity index (χ1n) is 7.61. The lowest BCUT2D eigenvalue weighted by Gasteiger charge is -1.98. The fourth-order valence-corrected chi connectivity index (χ4v) is 2.20. The van der Waals surface area contributed by atoms with Crippen LogP contribution in [0.1, 0.15) is 17.0 Å². The van der Waals surface area contributed by atoms with E-state index in [0.29, 0.717) is 11.5 Å². The number of hydrogen-bond donors (Lipinski definition) is 1. The number of ether oxygens (including phenoxy) is 1. The molecule has 3 aromatic rings. The molecule has 25 heavy (non-hydrogen) atoms. The van der Waals surface area contributed by atoms with Crippen LogP contribution in [0.2, 0.25) is 0 Å². The van der Waals surface area contributed by atoms with Gasteiger partial charge in [0.2, 0.25) is 0 Å². The first kappa shape index (κ1) is 16.5. The summed E-state index contributed by atoms with van der Waals surface area (Å²) in [7, 11) is 1.85. The fraction of sp³-hybridized carbons (Fsp3) is 0.167. The number of rotatable bonds is 5. The Balaban J connectivity index is 1.57. The van der Waals surface area contributed by atoms with E-state index in [0.717, 1.165) is 16.8 Å². The van der Waals surface area contributed by atoms with E-state index in [1.165, 1.54) is 6.08 Å². The standard InChI is InChI=1S/C18H17N3O4/c1-12-16(10-19-21(12)2)17-9-15(25-20-17)11-24-18(23)8-5-13-3-6-14(22)7-4-13/h3-10,22H,11H2,1-2H3/b8-5+. The molecule has 1 aromatic carbocycles. The molecule has 0 aliphatic rings. The van der Waals surface area contributed by atoms with Crippen LogP contribution in [-0.4, -0.2) is 26.0 Å². The van der Waals surface area contributed by atoms with Crippen LogP contribution in [0.25, 0.3) is 17.3 Å². The Morgan fingerprint density at radius 3 is 2.80 bits per heavy atom. The lowest BCUT2D eigenvalue weighted by Crippen LogP contribution is -1.99. The third-order valence-electron chi connectivity index (χ3n) is 3.73. The summed E-state index contributed by atoms with van der Waals surface area (Å²) in [4.78, 5) is 11.8. The maximum absolute atomic E-state index is 11.8. The van der Waals surface area contributed by atoms with E-state index in [1.54, 1.807) is 47.3 Å². The summed E-state index contributed by atoms with van der Waals surface area (Å²) in [5, 5.41) is 17.3. The SMILES string of the molecule is Cc1c(-c2cc(COC(=O)/C=C/c3ccc(O)cc3)on2)cnn1C. The molecule has 7 nitrogen and oxygen atoms in total. The number of aromatic nitrogens is 3. The van der Waals surface area contributed by atoms with Crippen LogP contribution in [0.4, 0.5) is 0 Å². The largest absolute Gasteiger partial charge is 0.508 e. The molecule has 0 amide bonds. The van der Waals surface area contributed by atoms with E-state index in [-0.39, 0.29) is 12.4 Å². The normalized spacial score (nSPS) is 11.1. The quantitative estimate of drug-likeness (QED) is 0.568. The van der Waals surface area contributed by atoms with Crippen molar-refractivity contribution in [1.29, 1.82) is 0 Å². The second-order valence-electron chi connectivity index (χ2n) is 5.48. The number of benzene rings is 1. The highest BCUT2D eigenvalue weighted by Crippen LogP contribution is 2.22. The molecular weight excluding hydrogens is 322 g/mol. The molecule has 128 valence electrons.